The maximum Gasteiger partial charge on any atom is 0.287 e. The van der Waals surface area contributed by atoms with Gasteiger partial charge in [0.05, 0.1) is 6.61 Å². The van der Waals surface area contributed by atoms with Crippen molar-refractivity contribution >= 4 is 16.9 Å². The van der Waals surface area contributed by atoms with E-state index in [1.165, 1.54) is 0 Å². The summed E-state index contributed by atoms with van der Waals surface area (Å²) >= 11 is 0. The molecule has 1 aromatic heterocycles. The van der Waals surface area contributed by atoms with Gasteiger partial charge in [-0.1, -0.05) is 25.0 Å². The van der Waals surface area contributed by atoms with E-state index in [1.54, 1.807) is 0 Å². The summed E-state index contributed by atoms with van der Waals surface area (Å²) in [5.41, 5.74) is 2.59. The van der Waals surface area contributed by atoms with Crippen molar-refractivity contribution in [3.63, 3.8) is 0 Å². The van der Waals surface area contributed by atoms with Crippen LogP contribution in [-0.2, 0) is 0 Å². The molecule has 22 heavy (non-hydrogen) atoms. The van der Waals surface area contributed by atoms with E-state index in [4.69, 9.17) is 4.42 Å². The van der Waals surface area contributed by atoms with Crippen molar-refractivity contribution in [2.45, 2.75) is 39.5 Å². The van der Waals surface area contributed by atoms with Gasteiger partial charge < -0.3 is 14.8 Å². The summed E-state index contributed by atoms with van der Waals surface area (Å²) < 4.78 is 5.75. The van der Waals surface area contributed by atoms with Gasteiger partial charge in [-0.05, 0) is 38.3 Å². The zero-order chi connectivity index (χ0) is 15.7. The summed E-state index contributed by atoms with van der Waals surface area (Å²) in [5.74, 6) is 0.192. The van der Waals surface area contributed by atoms with Crippen LogP contribution in [0.4, 0.5) is 0 Å². The molecule has 1 heterocycles. The third-order valence-corrected chi connectivity index (χ3v) is 4.92. The van der Waals surface area contributed by atoms with Crippen LogP contribution in [0.5, 0.6) is 0 Å². The smallest absolute Gasteiger partial charge is 0.287 e. The fourth-order valence-electron chi connectivity index (χ4n) is 3.41. The summed E-state index contributed by atoms with van der Waals surface area (Å²) in [7, 11) is 0. The van der Waals surface area contributed by atoms with Crippen LogP contribution in [-0.4, -0.2) is 24.2 Å². The molecule has 0 saturated heterocycles. The van der Waals surface area contributed by atoms with Crippen molar-refractivity contribution in [1.82, 2.24) is 5.32 Å². The molecular weight excluding hydrogens is 278 g/mol. The quantitative estimate of drug-likeness (QED) is 0.910. The number of benzene rings is 1. The van der Waals surface area contributed by atoms with Gasteiger partial charge in [0.2, 0.25) is 0 Å². The highest BCUT2D eigenvalue weighted by Gasteiger charge is 2.34. The first-order valence-corrected chi connectivity index (χ1v) is 7.93. The minimum Gasteiger partial charge on any atom is -0.451 e. The van der Waals surface area contributed by atoms with E-state index in [-0.39, 0.29) is 17.9 Å². The Morgan fingerprint density at radius 3 is 2.73 bits per heavy atom. The monoisotopic (exact) mass is 301 g/mol. The lowest BCUT2D eigenvalue weighted by molar-refractivity contribution is 0.0856. The van der Waals surface area contributed by atoms with E-state index in [0.29, 0.717) is 12.3 Å². The Balaban J connectivity index is 1.79. The highest BCUT2D eigenvalue weighted by Crippen LogP contribution is 2.37. The summed E-state index contributed by atoms with van der Waals surface area (Å²) in [6.45, 7) is 4.55. The van der Waals surface area contributed by atoms with Gasteiger partial charge in [-0.3, -0.25) is 4.79 Å². The van der Waals surface area contributed by atoms with Gasteiger partial charge in [0.1, 0.15) is 5.58 Å². The second-order valence-electron chi connectivity index (χ2n) is 6.60. The van der Waals surface area contributed by atoms with Crippen LogP contribution < -0.4 is 5.32 Å². The van der Waals surface area contributed by atoms with Gasteiger partial charge >= 0.3 is 0 Å². The van der Waals surface area contributed by atoms with Crippen molar-refractivity contribution < 1.29 is 14.3 Å². The van der Waals surface area contributed by atoms with Gasteiger partial charge in [-0.15, -0.1) is 0 Å². The van der Waals surface area contributed by atoms with Gasteiger partial charge in [0, 0.05) is 22.9 Å². The van der Waals surface area contributed by atoms with Crippen LogP contribution in [0.1, 0.15) is 47.4 Å². The Morgan fingerprint density at radius 2 is 2.05 bits per heavy atom. The lowest BCUT2D eigenvalue weighted by atomic mass is 9.87. The maximum atomic E-state index is 12.4. The minimum absolute atomic E-state index is 0.131. The maximum absolute atomic E-state index is 12.4. The second-order valence-corrected chi connectivity index (χ2v) is 6.60. The molecular formula is C18H23NO3. The van der Waals surface area contributed by atoms with Crippen molar-refractivity contribution in [1.29, 1.82) is 0 Å². The number of aryl methyl sites for hydroxylation is 2. The standard InChI is InChI=1S/C18H23NO3/c1-12-5-6-14-13(2)16(22-15(14)9-12)17(21)19-10-18(11-20)7-3-4-8-18/h5-6,9,20H,3-4,7-8,10-11H2,1-2H3,(H,19,21). The van der Waals surface area contributed by atoms with Gasteiger partial charge in [-0.25, -0.2) is 0 Å². The SMILES string of the molecule is Cc1ccc2c(C)c(C(=O)NCC3(CO)CCCC3)oc2c1. The molecule has 0 radical (unpaired) electrons. The third-order valence-electron chi connectivity index (χ3n) is 4.92. The Bertz CT molecular complexity index is 696. The fraction of sp³-hybridized carbons (Fsp3) is 0.500. The largest absolute Gasteiger partial charge is 0.451 e. The first-order valence-electron chi connectivity index (χ1n) is 7.93. The molecule has 118 valence electrons. The highest BCUT2D eigenvalue weighted by atomic mass is 16.3. The zero-order valence-corrected chi connectivity index (χ0v) is 13.2. The molecule has 0 atom stereocenters. The number of fused-ring (bicyclic) bond motifs is 1. The Morgan fingerprint density at radius 1 is 1.32 bits per heavy atom. The van der Waals surface area contributed by atoms with Crippen LogP contribution in [0.3, 0.4) is 0 Å². The van der Waals surface area contributed by atoms with Gasteiger partial charge in [0.15, 0.2) is 5.76 Å². The van der Waals surface area contributed by atoms with E-state index in [1.807, 2.05) is 32.0 Å². The topological polar surface area (TPSA) is 62.5 Å². The number of hydrogen-bond donors (Lipinski definition) is 2. The molecule has 0 spiro atoms. The summed E-state index contributed by atoms with van der Waals surface area (Å²) in [6.07, 6.45) is 4.20. The molecule has 0 unspecified atom stereocenters. The van der Waals surface area contributed by atoms with E-state index in [2.05, 4.69) is 5.32 Å². The normalized spacial score (nSPS) is 17.0. The van der Waals surface area contributed by atoms with E-state index in [9.17, 15) is 9.90 Å². The first-order chi connectivity index (χ1) is 10.5. The number of rotatable bonds is 4. The van der Waals surface area contributed by atoms with Crippen LogP contribution in [0.2, 0.25) is 0 Å². The summed E-state index contributed by atoms with van der Waals surface area (Å²) in [4.78, 5) is 12.4. The molecule has 2 N–H and O–H groups in total. The minimum atomic E-state index is -0.189. The lowest BCUT2D eigenvalue weighted by Crippen LogP contribution is -2.38. The van der Waals surface area contributed by atoms with Crippen molar-refractivity contribution in [3.8, 4) is 0 Å². The summed E-state index contributed by atoms with van der Waals surface area (Å²) in [6, 6.07) is 5.96. The van der Waals surface area contributed by atoms with Crippen molar-refractivity contribution in [3.05, 3.63) is 35.1 Å². The zero-order valence-electron chi connectivity index (χ0n) is 13.2. The van der Waals surface area contributed by atoms with Crippen LogP contribution in [0, 0.1) is 19.3 Å². The molecule has 4 heteroatoms. The predicted octanol–water partition coefficient (Wildman–Crippen LogP) is 3.33. The molecule has 1 aliphatic rings. The third kappa shape index (κ3) is 2.63. The average molecular weight is 301 g/mol. The number of aliphatic hydroxyl groups is 1. The van der Waals surface area contributed by atoms with Crippen LogP contribution in [0.25, 0.3) is 11.0 Å². The molecule has 1 aliphatic carbocycles. The molecule has 2 aromatic rings. The van der Waals surface area contributed by atoms with Crippen LogP contribution >= 0.6 is 0 Å². The Kier molecular flexibility index (Phi) is 3.96. The first kappa shape index (κ1) is 15.1. The molecule has 4 nitrogen and oxygen atoms in total. The Hall–Kier alpha value is -1.81. The number of amides is 1. The number of furan rings is 1. The van der Waals surface area contributed by atoms with E-state index < -0.39 is 0 Å². The molecule has 0 bridgehead atoms. The van der Waals surface area contributed by atoms with Gasteiger partial charge in [0.25, 0.3) is 5.91 Å². The van der Waals surface area contributed by atoms with Gasteiger partial charge in [-0.2, -0.15) is 0 Å². The molecule has 3 rings (SSSR count). The van der Waals surface area contributed by atoms with E-state index >= 15 is 0 Å². The number of aliphatic hydroxyl groups excluding tert-OH is 1. The average Bonchev–Trinajstić information content (AvgIpc) is 3.10. The predicted molar refractivity (Wildman–Crippen MR) is 86.0 cm³/mol. The highest BCUT2D eigenvalue weighted by molar-refractivity contribution is 5.99. The second kappa shape index (κ2) is 5.76. The molecule has 1 saturated carbocycles. The van der Waals surface area contributed by atoms with Crippen molar-refractivity contribution in [2.24, 2.45) is 5.41 Å². The Labute approximate surface area is 130 Å². The molecule has 1 fully saturated rings. The number of nitrogens with one attached hydrogen (secondary N) is 1. The molecule has 1 aromatic carbocycles. The lowest BCUT2D eigenvalue weighted by Gasteiger charge is -2.26. The summed E-state index contributed by atoms with van der Waals surface area (Å²) in [5, 5.41) is 13.6. The fourth-order valence-corrected chi connectivity index (χ4v) is 3.41. The molecule has 0 aliphatic heterocycles. The van der Waals surface area contributed by atoms with Crippen molar-refractivity contribution in [2.75, 3.05) is 13.2 Å². The van der Waals surface area contributed by atoms with Crippen LogP contribution in [0.15, 0.2) is 22.6 Å². The number of hydrogen-bond acceptors (Lipinski definition) is 3. The number of carbonyl (C=O) groups is 1. The van der Waals surface area contributed by atoms with E-state index in [0.717, 1.165) is 47.8 Å². The number of carbonyl (C=O) groups excluding carboxylic acids is 1. The molecule has 1 amide bonds.